The zero-order valence-electron chi connectivity index (χ0n) is 8.83. The van der Waals surface area contributed by atoms with Crippen molar-refractivity contribution in [3.63, 3.8) is 0 Å². The fraction of sp³-hybridized carbons (Fsp3) is 0.417. The van der Waals surface area contributed by atoms with E-state index in [1.54, 1.807) is 0 Å². The van der Waals surface area contributed by atoms with Crippen LogP contribution in [0.15, 0.2) is 28.7 Å². The van der Waals surface area contributed by atoms with Crippen molar-refractivity contribution in [2.24, 2.45) is 5.92 Å². The average Bonchev–Trinajstić information content (AvgIpc) is 2.77. The lowest BCUT2D eigenvalue weighted by atomic mass is 10.2. The first-order valence-corrected chi connectivity index (χ1v) is 7.23. The zero-order chi connectivity index (χ0) is 11.5. The normalized spacial score (nSPS) is 20.1. The summed E-state index contributed by atoms with van der Waals surface area (Å²) < 4.78 is 0.877. The quantitative estimate of drug-likeness (QED) is 0.752. The van der Waals surface area contributed by atoms with Gasteiger partial charge in [0.15, 0.2) is 0 Å². The number of benzene rings is 1. The summed E-state index contributed by atoms with van der Waals surface area (Å²) in [5, 5.41) is 0.979. The van der Waals surface area contributed by atoms with E-state index in [1.165, 1.54) is 0 Å². The molecule has 1 aromatic rings. The van der Waals surface area contributed by atoms with Gasteiger partial charge in [-0.3, -0.25) is 4.79 Å². The van der Waals surface area contributed by atoms with Crippen LogP contribution < -0.4 is 0 Å². The van der Waals surface area contributed by atoms with Gasteiger partial charge in [-0.25, -0.2) is 0 Å². The van der Waals surface area contributed by atoms with E-state index in [2.05, 4.69) is 31.9 Å². The third kappa shape index (κ3) is 2.48. The molecular weight excluding hydrogens is 334 g/mol. The molecule has 86 valence electrons. The minimum Gasteiger partial charge on any atom is -0.338 e. The van der Waals surface area contributed by atoms with Gasteiger partial charge in [0, 0.05) is 22.9 Å². The predicted octanol–water partition coefficient (Wildman–Crippen LogP) is 3.31. The van der Waals surface area contributed by atoms with Crippen LogP contribution in [0.2, 0.25) is 0 Å². The highest BCUT2D eigenvalue weighted by Crippen LogP contribution is 2.23. The van der Waals surface area contributed by atoms with Gasteiger partial charge in [-0.1, -0.05) is 28.1 Å². The Morgan fingerprint density at radius 3 is 2.81 bits per heavy atom. The summed E-state index contributed by atoms with van der Waals surface area (Å²) in [6.45, 7) is 1.74. The van der Waals surface area contributed by atoms with Crippen LogP contribution >= 0.6 is 31.9 Å². The second kappa shape index (κ2) is 5.32. The number of likely N-dealkylation sites (tertiary alicyclic amines) is 1. The highest BCUT2D eigenvalue weighted by atomic mass is 79.9. The Labute approximate surface area is 112 Å². The first-order valence-electron chi connectivity index (χ1n) is 5.32. The summed E-state index contributed by atoms with van der Waals surface area (Å²) in [6, 6.07) is 7.60. The molecule has 1 fully saturated rings. The topological polar surface area (TPSA) is 20.3 Å². The molecule has 0 bridgehead atoms. The maximum atomic E-state index is 12.2. The Balaban J connectivity index is 2.12. The number of alkyl halides is 1. The number of rotatable bonds is 2. The molecule has 1 heterocycles. The van der Waals surface area contributed by atoms with Crippen LogP contribution in [0.4, 0.5) is 0 Å². The van der Waals surface area contributed by atoms with Crippen LogP contribution in [0.3, 0.4) is 0 Å². The molecule has 1 aliphatic heterocycles. The van der Waals surface area contributed by atoms with Crippen LogP contribution in [-0.4, -0.2) is 29.2 Å². The van der Waals surface area contributed by atoms with Gasteiger partial charge >= 0.3 is 0 Å². The van der Waals surface area contributed by atoms with Gasteiger partial charge in [-0.2, -0.15) is 0 Å². The lowest BCUT2D eigenvalue weighted by molar-refractivity contribution is 0.0787. The zero-order valence-corrected chi connectivity index (χ0v) is 12.0. The number of carbonyl (C=O) groups excluding carboxylic acids is 1. The Morgan fingerprint density at radius 1 is 1.44 bits per heavy atom. The fourth-order valence-electron chi connectivity index (χ4n) is 1.95. The highest BCUT2D eigenvalue weighted by molar-refractivity contribution is 9.10. The lowest BCUT2D eigenvalue weighted by Crippen LogP contribution is -2.29. The monoisotopic (exact) mass is 345 g/mol. The van der Waals surface area contributed by atoms with Crippen molar-refractivity contribution >= 4 is 37.8 Å². The number of hydrogen-bond donors (Lipinski definition) is 0. The maximum absolute atomic E-state index is 12.2. The van der Waals surface area contributed by atoms with Gasteiger partial charge in [0.2, 0.25) is 0 Å². The van der Waals surface area contributed by atoms with Crippen molar-refractivity contribution in [2.75, 3.05) is 18.4 Å². The summed E-state index contributed by atoms with van der Waals surface area (Å²) in [5.74, 6) is 0.738. The number of hydrogen-bond acceptors (Lipinski definition) is 1. The molecule has 1 saturated heterocycles. The first-order chi connectivity index (χ1) is 7.72. The summed E-state index contributed by atoms with van der Waals surface area (Å²) in [6.07, 6.45) is 1.10. The van der Waals surface area contributed by atoms with Crippen molar-refractivity contribution in [3.8, 4) is 0 Å². The molecule has 0 spiro atoms. The number of nitrogens with zero attached hydrogens (tertiary/aromatic N) is 1. The summed E-state index contributed by atoms with van der Waals surface area (Å²) in [5.41, 5.74) is 0.762. The molecule has 0 radical (unpaired) electrons. The molecule has 1 aromatic carbocycles. The lowest BCUT2D eigenvalue weighted by Gasteiger charge is -2.16. The fourth-order valence-corrected chi connectivity index (χ4v) is 2.93. The minimum absolute atomic E-state index is 0.135. The third-order valence-electron chi connectivity index (χ3n) is 2.90. The van der Waals surface area contributed by atoms with Crippen molar-refractivity contribution in [2.45, 2.75) is 6.42 Å². The third-order valence-corrected chi connectivity index (χ3v) is 4.50. The molecule has 4 heteroatoms. The number of amides is 1. The maximum Gasteiger partial charge on any atom is 0.255 e. The number of carbonyl (C=O) groups is 1. The largest absolute Gasteiger partial charge is 0.338 e. The van der Waals surface area contributed by atoms with E-state index in [9.17, 15) is 4.79 Å². The minimum atomic E-state index is 0.135. The molecule has 1 unspecified atom stereocenters. The standard InChI is InChI=1S/C12H13Br2NO/c13-7-9-5-6-15(8-9)12(16)10-3-1-2-4-11(10)14/h1-4,9H,5-8H2. The molecule has 1 atom stereocenters. The van der Waals surface area contributed by atoms with E-state index in [0.717, 1.165) is 34.9 Å². The molecule has 0 aromatic heterocycles. The van der Waals surface area contributed by atoms with Gasteiger partial charge in [0.1, 0.15) is 0 Å². The molecule has 1 amide bonds. The number of halogens is 2. The van der Waals surface area contributed by atoms with E-state index in [0.29, 0.717) is 5.92 Å². The SMILES string of the molecule is O=C(c1ccccc1Br)N1CCC(CBr)C1. The Kier molecular flexibility index (Phi) is 4.03. The molecule has 16 heavy (non-hydrogen) atoms. The van der Waals surface area contributed by atoms with Crippen LogP contribution in [0, 0.1) is 5.92 Å². The van der Waals surface area contributed by atoms with Gasteiger partial charge in [0.05, 0.1) is 5.56 Å². The van der Waals surface area contributed by atoms with Crippen LogP contribution in [-0.2, 0) is 0 Å². The molecule has 1 aliphatic rings. The van der Waals surface area contributed by atoms with Gasteiger partial charge in [-0.05, 0) is 40.4 Å². The van der Waals surface area contributed by atoms with Crippen LogP contribution in [0.25, 0.3) is 0 Å². The van der Waals surface area contributed by atoms with Crippen molar-refractivity contribution in [1.82, 2.24) is 4.90 Å². The molecule has 0 N–H and O–H groups in total. The average molecular weight is 347 g/mol. The van der Waals surface area contributed by atoms with Gasteiger partial charge < -0.3 is 4.90 Å². The van der Waals surface area contributed by atoms with Crippen molar-refractivity contribution < 1.29 is 4.79 Å². The van der Waals surface area contributed by atoms with E-state index >= 15 is 0 Å². The summed E-state index contributed by atoms with van der Waals surface area (Å²) in [7, 11) is 0. The van der Waals surface area contributed by atoms with Crippen LogP contribution in [0.5, 0.6) is 0 Å². The van der Waals surface area contributed by atoms with E-state index < -0.39 is 0 Å². The predicted molar refractivity (Wildman–Crippen MR) is 71.9 cm³/mol. The Hall–Kier alpha value is -0.350. The van der Waals surface area contributed by atoms with Crippen LogP contribution in [0.1, 0.15) is 16.8 Å². The Bertz CT molecular complexity index is 394. The van der Waals surface area contributed by atoms with Crippen molar-refractivity contribution in [3.05, 3.63) is 34.3 Å². The molecule has 0 saturated carbocycles. The second-order valence-electron chi connectivity index (χ2n) is 4.04. The van der Waals surface area contributed by atoms with Gasteiger partial charge in [0.25, 0.3) is 5.91 Å². The van der Waals surface area contributed by atoms with E-state index in [4.69, 9.17) is 0 Å². The molecule has 2 rings (SSSR count). The van der Waals surface area contributed by atoms with E-state index in [1.807, 2.05) is 29.2 Å². The van der Waals surface area contributed by atoms with E-state index in [-0.39, 0.29) is 5.91 Å². The van der Waals surface area contributed by atoms with Gasteiger partial charge in [-0.15, -0.1) is 0 Å². The van der Waals surface area contributed by atoms with Crippen molar-refractivity contribution in [1.29, 1.82) is 0 Å². The summed E-state index contributed by atoms with van der Waals surface area (Å²) >= 11 is 6.90. The Morgan fingerprint density at radius 2 is 2.19 bits per heavy atom. The molecular formula is C12H13Br2NO. The smallest absolute Gasteiger partial charge is 0.255 e. The second-order valence-corrected chi connectivity index (χ2v) is 5.54. The first kappa shape index (κ1) is 12.1. The molecule has 2 nitrogen and oxygen atoms in total. The summed E-state index contributed by atoms with van der Waals surface area (Å²) in [4.78, 5) is 14.1. The molecule has 0 aliphatic carbocycles. The highest BCUT2D eigenvalue weighted by Gasteiger charge is 2.26.